The van der Waals surface area contributed by atoms with Crippen molar-refractivity contribution in [1.29, 1.82) is 0 Å². The zero-order valence-electron chi connectivity index (χ0n) is 13.7. The third-order valence-corrected chi connectivity index (χ3v) is 4.15. The molecular weight excluding hydrogens is 308 g/mol. The number of aliphatic imine (C=N–C) groups is 1. The van der Waals surface area contributed by atoms with Crippen LogP contribution in [-0.4, -0.2) is 55.0 Å². The van der Waals surface area contributed by atoms with Gasteiger partial charge in [0.1, 0.15) is 6.04 Å². The first kappa shape index (κ1) is 16.4. The Kier molecular flexibility index (Phi) is 5.10. The van der Waals surface area contributed by atoms with Gasteiger partial charge in [0.25, 0.3) is 0 Å². The van der Waals surface area contributed by atoms with E-state index in [1.807, 2.05) is 29.2 Å². The summed E-state index contributed by atoms with van der Waals surface area (Å²) in [5.41, 5.74) is 1.92. The fraction of sp³-hybridized carbons (Fsp3) is 0.471. The summed E-state index contributed by atoms with van der Waals surface area (Å²) in [5, 5.41) is 5.59. The van der Waals surface area contributed by atoms with Crippen LogP contribution < -0.4 is 10.6 Å². The number of carbonyl (C=O) groups excluding carboxylic acids is 2. The Labute approximate surface area is 141 Å². The Morgan fingerprint density at radius 3 is 2.71 bits per heavy atom. The van der Waals surface area contributed by atoms with Crippen molar-refractivity contribution >= 4 is 23.5 Å². The number of hydrogen-bond acceptors (Lipinski definition) is 5. The van der Waals surface area contributed by atoms with Crippen LogP contribution in [0, 0.1) is 0 Å². The molecule has 0 aliphatic carbocycles. The maximum Gasteiger partial charge on any atom is 0.249 e. The highest BCUT2D eigenvalue weighted by Gasteiger charge is 2.29. The first-order chi connectivity index (χ1) is 11.7. The maximum absolute atomic E-state index is 12.5. The molecule has 2 heterocycles. The predicted octanol–water partition coefficient (Wildman–Crippen LogP) is 0.764. The van der Waals surface area contributed by atoms with E-state index in [0.29, 0.717) is 38.0 Å². The molecule has 1 fully saturated rings. The van der Waals surface area contributed by atoms with E-state index in [9.17, 15) is 9.59 Å². The Hall–Kier alpha value is -2.41. The number of aryl methyl sites for hydroxylation is 1. The quantitative estimate of drug-likeness (QED) is 0.857. The molecule has 2 aliphatic rings. The predicted molar refractivity (Wildman–Crippen MR) is 90.8 cm³/mol. The van der Waals surface area contributed by atoms with Gasteiger partial charge in [-0.1, -0.05) is 19.1 Å². The van der Waals surface area contributed by atoms with Gasteiger partial charge >= 0.3 is 0 Å². The second-order valence-corrected chi connectivity index (χ2v) is 5.86. The van der Waals surface area contributed by atoms with Gasteiger partial charge in [-0.3, -0.25) is 14.9 Å². The number of morpholine rings is 1. The number of amides is 2. The van der Waals surface area contributed by atoms with Gasteiger partial charge < -0.3 is 15.0 Å². The molecule has 0 spiro atoms. The average molecular weight is 330 g/mol. The van der Waals surface area contributed by atoms with Crippen LogP contribution in [-0.2, 0) is 20.7 Å². The first-order valence-corrected chi connectivity index (χ1v) is 8.26. The first-order valence-electron chi connectivity index (χ1n) is 8.26. The van der Waals surface area contributed by atoms with Crippen LogP contribution >= 0.6 is 0 Å². The zero-order chi connectivity index (χ0) is 16.9. The van der Waals surface area contributed by atoms with Gasteiger partial charge in [0.15, 0.2) is 0 Å². The molecule has 0 radical (unpaired) electrons. The van der Waals surface area contributed by atoms with Crippen molar-refractivity contribution in [3.63, 3.8) is 0 Å². The monoisotopic (exact) mass is 330 g/mol. The average Bonchev–Trinajstić information content (AvgIpc) is 2.62. The van der Waals surface area contributed by atoms with Gasteiger partial charge in [-0.05, 0) is 24.1 Å². The lowest BCUT2D eigenvalue weighted by Crippen LogP contribution is -2.53. The highest BCUT2D eigenvalue weighted by atomic mass is 16.5. The van der Waals surface area contributed by atoms with Crippen LogP contribution in [0.1, 0.15) is 18.9 Å². The number of anilines is 1. The van der Waals surface area contributed by atoms with E-state index in [-0.39, 0.29) is 18.2 Å². The lowest BCUT2D eigenvalue weighted by atomic mass is 10.1. The summed E-state index contributed by atoms with van der Waals surface area (Å²) < 4.78 is 5.30. The normalized spacial score (nSPS) is 21.0. The number of hydrogen-bond donors (Lipinski definition) is 2. The molecule has 0 saturated carbocycles. The number of carbonyl (C=O) groups is 2. The van der Waals surface area contributed by atoms with Crippen LogP contribution in [0.3, 0.4) is 0 Å². The zero-order valence-corrected chi connectivity index (χ0v) is 13.7. The smallest absolute Gasteiger partial charge is 0.249 e. The third kappa shape index (κ3) is 3.91. The van der Waals surface area contributed by atoms with Crippen molar-refractivity contribution in [2.45, 2.75) is 25.8 Å². The molecule has 0 bridgehead atoms. The van der Waals surface area contributed by atoms with Crippen LogP contribution in [0.15, 0.2) is 29.3 Å². The van der Waals surface area contributed by atoms with E-state index in [4.69, 9.17) is 4.74 Å². The van der Waals surface area contributed by atoms with Gasteiger partial charge in [-0.15, -0.1) is 0 Å². The topological polar surface area (TPSA) is 83.0 Å². The Morgan fingerprint density at radius 2 is 2.04 bits per heavy atom. The summed E-state index contributed by atoms with van der Waals surface area (Å²) in [6.45, 7) is 4.58. The van der Waals surface area contributed by atoms with E-state index < -0.39 is 6.04 Å². The highest BCUT2D eigenvalue weighted by molar-refractivity contribution is 6.05. The SMILES string of the molecule is CCc1ccc(NC(=O)[C@H]2CC(=O)NC(N3CCOCC3)=N2)cc1. The van der Waals surface area contributed by atoms with E-state index in [0.717, 1.165) is 6.42 Å². The van der Waals surface area contributed by atoms with E-state index in [1.165, 1.54) is 5.56 Å². The van der Waals surface area contributed by atoms with Gasteiger partial charge in [-0.25, -0.2) is 4.99 Å². The molecule has 128 valence electrons. The third-order valence-electron chi connectivity index (χ3n) is 4.15. The molecule has 7 heteroatoms. The van der Waals surface area contributed by atoms with Crippen molar-refractivity contribution in [1.82, 2.24) is 10.2 Å². The summed E-state index contributed by atoms with van der Waals surface area (Å²) >= 11 is 0. The fourth-order valence-corrected chi connectivity index (χ4v) is 2.71. The molecule has 0 unspecified atom stereocenters. The Bertz CT molecular complexity index is 636. The van der Waals surface area contributed by atoms with Gasteiger partial charge in [0.05, 0.1) is 19.6 Å². The molecule has 3 rings (SSSR count). The Morgan fingerprint density at radius 1 is 1.33 bits per heavy atom. The van der Waals surface area contributed by atoms with Crippen LogP contribution in [0.4, 0.5) is 5.69 Å². The van der Waals surface area contributed by atoms with E-state index >= 15 is 0 Å². The largest absolute Gasteiger partial charge is 0.378 e. The minimum absolute atomic E-state index is 0.0622. The standard InChI is InChI=1S/C17H22N4O3/c1-2-12-3-5-13(6-4-12)18-16(23)14-11-15(22)20-17(19-14)21-7-9-24-10-8-21/h3-6,14H,2,7-11H2,1H3,(H,18,23)(H,19,20,22)/t14-/m1/s1. The van der Waals surface area contributed by atoms with Gasteiger partial charge in [-0.2, -0.15) is 0 Å². The van der Waals surface area contributed by atoms with Crippen molar-refractivity contribution < 1.29 is 14.3 Å². The summed E-state index contributed by atoms with van der Waals surface area (Å²) in [4.78, 5) is 30.8. The van der Waals surface area contributed by atoms with Crippen molar-refractivity contribution in [2.24, 2.45) is 4.99 Å². The summed E-state index contributed by atoms with van der Waals surface area (Å²) in [6.07, 6.45) is 1.01. The van der Waals surface area contributed by atoms with Crippen LogP contribution in [0.25, 0.3) is 0 Å². The van der Waals surface area contributed by atoms with Crippen molar-refractivity contribution in [3.8, 4) is 0 Å². The lowest BCUT2D eigenvalue weighted by Gasteiger charge is -2.32. The minimum atomic E-state index is -0.706. The lowest BCUT2D eigenvalue weighted by molar-refractivity contribution is -0.125. The number of nitrogens with one attached hydrogen (secondary N) is 2. The molecular formula is C17H22N4O3. The molecule has 0 aromatic heterocycles. The minimum Gasteiger partial charge on any atom is -0.378 e. The summed E-state index contributed by atoms with van der Waals surface area (Å²) in [6, 6.07) is 6.98. The summed E-state index contributed by atoms with van der Waals surface area (Å²) in [7, 11) is 0. The molecule has 1 aromatic carbocycles. The molecule has 2 N–H and O–H groups in total. The maximum atomic E-state index is 12.5. The molecule has 1 saturated heterocycles. The second kappa shape index (κ2) is 7.44. The van der Waals surface area contributed by atoms with Gasteiger partial charge in [0, 0.05) is 18.8 Å². The number of nitrogens with zero attached hydrogens (tertiary/aromatic N) is 2. The van der Waals surface area contributed by atoms with Crippen molar-refractivity contribution in [2.75, 3.05) is 31.6 Å². The summed E-state index contributed by atoms with van der Waals surface area (Å²) in [5.74, 6) is 0.0175. The molecule has 2 amide bonds. The molecule has 7 nitrogen and oxygen atoms in total. The molecule has 24 heavy (non-hydrogen) atoms. The number of ether oxygens (including phenoxy) is 1. The Balaban J connectivity index is 1.69. The fourth-order valence-electron chi connectivity index (χ4n) is 2.71. The number of benzene rings is 1. The van der Waals surface area contributed by atoms with E-state index in [2.05, 4.69) is 22.5 Å². The second-order valence-electron chi connectivity index (χ2n) is 5.86. The van der Waals surface area contributed by atoms with Crippen LogP contribution in [0.5, 0.6) is 0 Å². The highest BCUT2D eigenvalue weighted by Crippen LogP contribution is 2.14. The molecule has 1 aromatic rings. The van der Waals surface area contributed by atoms with Crippen molar-refractivity contribution in [3.05, 3.63) is 29.8 Å². The molecule has 2 aliphatic heterocycles. The number of guanidine groups is 1. The van der Waals surface area contributed by atoms with E-state index in [1.54, 1.807) is 0 Å². The van der Waals surface area contributed by atoms with Crippen LogP contribution in [0.2, 0.25) is 0 Å². The molecule has 1 atom stereocenters. The number of rotatable bonds is 3. The van der Waals surface area contributed by atoms with Gasteiger partial charge in [0.2, 0.25) is 17.8 Å².